The standard InChI is InChI=1S/C19H18N4O3/c1-12-13(19(25)26)11-14-16(24)9-8-15(18(14)22(12)3)23(4)20-17-7-5-6-10-21(17)2/h5-11H,3-4H2,1-2H3,(H,25,26)/p-1. The van der Waals surface area contributed by atoms with Gasteiger partial charge in [-0.2, -0.15) is 0 Å². The number of hydrogen-bond donors (Lipinski definition) is 0. The second-order valence-corrected chi connectivity index (χ2v) is 5.87. The van der Waals surface area contributed by atoms with Crippen molar-refractivity contribution in [1.82, 2.24) is 4.57 Å². The molecule has 1 aromatic heterocycles. The Kier molecular flexibility index (Phi) is 4.21. The molecule has 1 aliphatic heterocycles. The molecular weight excluding hydrogens is 332 g/mol. The lowest BCUT2D eigenvalue weighted by Gasteiger charge is -2.29. The normalized spacial score (nSPS) is 14.1. The number of carboxylic acids is 1. The van der Waals surface area contributed by atoms with Gasteiger partial charge in [0.1, 0.15) is 11.7 Å². The molecule has 0 spiro atoms. The molecule has 2 aromatic rings. The van der Waals surface area contributed by atoms with Crippen LogP contribution >= 0.6 is 0 Å². The molecule has 0 unspecified atom stereocenters. The molecular formula is C19H17N4O3-. The molecule has 0 fully saturated rings. The quantitative estimate of drug-likeness (QED) is 0.339. The maximum atomic E-state index is 12.3. The maximum absolute atomic E-state index is 12.3. The minimum Gasteiger partial charge on any atom is -0.591 e. The van der Waals surface area contributed by atoms with E-state index in [1.807, 2.05) is 36.0 Å². The van der Waals surface area contributed by atoms with Crippen LogP contribution in [-0.4, -0.2) is 33.2 Å². The Morgan fingerprint density at radius 1 is 1.38 bits per heavy atom. The Labute approximate surface area is 149 Å². The van der Waals surface area contributed by atoms with Crippen molar-refractivity contribution in [2.45, 2.75) is 6.92 Å². The van der Waals surface area contributed by atoms with Gasteiger partial charge in [0.2, 0.25) is 0 Å². The van der Waals surface area contributed by atoms with E-state index >= 15 is 0 Å². The van der Waals surface area contributed by atoms with Crippen LogP contribution in [0.15, 0.2) is 52.0 Å². The molecule has 2 heterocycles. The predicted molar refractivity (Wildman–Crippen MR) is 95.3 cm³/mol. The molecule has 0 atom stereocenters. The molecule has 0 radical (unpaired) electrons. The first-order valence-electron chi connectivity index (χ1n) is 7.79. The zero-order chi connectivity index (χ0) is 19.0. The highest BCUT2D eigenvalue weighted by atomic mass is 16.4. The summed E-state index contributed by atoms with van der Waals surface area (Å²) in [5, 5.41) is 15.8. The number of rotatable bonds is 3. The number of hydrogen-bond acceptors (Lipinski definition) is 4. The van der Waals surface area contributed by atoms with Crippen LogP contribution in [0.25, 0.3) is 6.08 Å². The van der Waals surface area contributed by atoms with Gasteiger partial charge < -0.3 is 19.3 Å². The second-order valence-electron chi connectivity index (χ2n) is 5.87. The van der Waals surface area contributed by atoms with Crippen LogP contribution in [0.4, 0.5) is 11.4 Å². The molecule has 0 amide bonds. The number of aromatic nitrogens is 1. The summed E-state index contributed by atoms with van der Waals surface area (Å²) in [7, 11) is 1.85. The van der Waals surface area contributed by atoms with Gasteiger partial charge in [-0.15, -0.1) is 10.8 Å². The SMILES string of the molecule is C=[N+]1c2c(c(=O)cc[c-]2[N+](=C)N=c2ccccn2C)C=C(C(=O)[O-])[C-]1C. The van der Waals surface area contributed by atoms with Gasteiger partial charge in [-0.25, -0.2) is 0 Å². The molecule has 0 N–H and O–H groups in total. The van der Waals surface area contributed by atoms with E-state index in [1.54, 1.807) is 13.0 Å². The van der Waals surface area contributed by atoms with Crippen LogP contribution in [0.1, 0.15) is 12.5 Å². The van der Waals surface area contributed by atoms with E-state index in [0.717, 1.165) is 0 Å². The van der Waals surface area contributed by atoms with Crippen molar-refractivity contribution in [3.05, 3.63) is 69.4 Å². The van der Waals surface area contributed by atoms with Crippen molar-refractivity contribution in [2.24, 2.45) is 12.1 Å². The van der Waals surface area contributed by atoms with E-state index in [2.05, 4.69) is 18.5 Å². The Bertz CT molecular complexity index is 1100. The van der Waals surface area contributed by atoms with E-state index in [1.165, 1.54) is 21.4 Å². The summed E-state index contributed by atoms with van der Waals surface area (Å²) in [6.45, 7) is 9.42. The predicted octanol–water partition coefficient (Wildman–Crippen LogP) is 0.00809. The minimum absolute atomic E-state index is 0.0799. The van der Waals surface area contributed by atoms with Crippen molar-refractivity contribution in [3.8, 4) is 0 Å². The van der Waals surface area contributed by atoms with Crippen molar-refractivity contribution in [2.75, 3.05) is 0 Å². The highest BCUT2D eigenvalue weighted by molar-refractivity contribution is 5.96. The number of carboxylic acid groups (broad SMARTS) is 1. The van der Waals surface area contributed by atoms with E-state index in [9.17, 15) is 14.7 Å². The summed E-state index contributed by atoms with van der Waals surface area (Å²) in [6, 6.07) is 8.85. The van der Waals surface area contributed by atoms with Crippen LogP contribution in [0.5, 0.6) is 0 Å². The van der Waals surface area contributed by atoms with E-state index in [-0.39, 0.29) is 16.6 Å². The van der Waals surface area contributed by atoms with Crippen molar-refractivity contribution in [1.29, 1.82) is 0 Å². The monoisotopic (exact) mass is 349 g/mol. The largest absolute Gasteiger partial charge is 0.591 e. The number of fused-ring (bicyclic) bond motifs is 1. The third kappa shape index (κ3) is 2.79. The van der Waals surface area contributed by atoms with Crippen LogP contribution in [0.3, 0.4) is 0 Å². The zero-order valence-corrected chi connectivity index (χ0v) is 14.5. The highest BCUT2D eigenvalue weighted by Crippen LogP contribution is 2.38. The third-order valence-electron chi connectivity index (χ3n) is 4.26. The summed E-state index contributed by atoms with van der Waals surface area (Å²) < 4.78 is 4.60. The molecule has 0 saturated carbocycles. The van der Waals surface area contributed by atoms with Crippen molar-refractivity contribution >= 4 is 36.9 Å². The van der Waals surface area contributed by atoms with Gasteiger partial charge in [0.25, 0.3) is 0 Å². The summed E-state index contributed by atoms with van der Waals surface area (Å²) in [6.07, 6.45) is 3.16. The first-order chi connectivity index (χ1) is 12.3. The number of pyridine rings is 1. The van der Waals surface area contributed by atoms with Crippen LogP contribution in [-0.2, 0) is 11.8 Å². The van der Waals surface area contributed by atoms with E-state index < -0.39 is 5.97 Å². The molecule has 0 aliphatic carbocycles. The van der Waals surface area contributed by atoms with Crippen LogP contribution in [0, 0.1) is 6.04 Å². The Balaban J connectivity index is 2.23. The second kappa shape index (κ2) is 6.36. The first-order valence-corrected chi connectivity index (χ1v) is 7.79. The van der Waals surface area contributed by atoms with E-state index in [0.29, 0.717) is 22.9 Å². The molecule has 3 rings (SSSR count). The average molecular weight is 349 g/mol. The number of carbonyl (C=O) groups excluding carboxylic acids is 1. The molecule has 0 saturated heterocycles. The topological polar surface area (TPSA) is 80.5 Å². The smallest absolute Gasteiger partial charge is 0.198 e. The van der Waals surface area contributed by atoms with Gasteiger partial charge in [-0.3, -0.25) is 4.58 Å². The fraction of sp³-hybridized carbons (Fsp3) is 0.105. The molecule has 7 nitrogen and oxygen atoms in total. The number of aryl methyl sites for hydroxylation is 1. The van der Waals surface area contributed by atoms with E-state index in [4.69, 9.17) is 0 Å². The summed E-state index contributed by atoms with van der Waals surface area (Å²) in [5.74, 6) is -1.36. The Morgan fingerprint density at radius 3 is 2.77 bits per heavy atom. The van der Waals surface area contributed by atoms with Crippen molar-refractivity contribution in [3.63, 3.8) is 0 Å². The maximum Gasteiger partial charge on any atom is 0.198 e. The van der Waals surface area contributed by atoms with Gasteiger partial charge >= 0.3 is 0 Å². The lowest BCUT2D eigenvalue weighted by molar-refractivity contribution is -0.465. The molecule has 26 heavy (non-hydrogen) atoms. The van der Waals surface area contributed by atoms with Gasteiger partial charge in [-0.1, -0.05) is 23.8 Å². The Morgan fingerprint density at radius 2 is 2.12 bits per heavy atom. The summed E-state index contributed by atoms with van der Waals surface area (Å²) in [4.78, 5) is 23.6. The first kappa shape index (κ1) is 17.2. The number of nitrogens with zero attached hydrogens (tertiary/aromatic N) is 4. The molecule has 1 aromatic carbocycles. The van der Waals surface area contributed by atoms with Gasteiger partial charge in [0.15, 0.2) is 11.2 Å². The molecule has 0 bridgehead atoms. The fourth-order valence-electron chi connectivity index (χ4n) is 2.77. The number of aliphatic carboxylic acids is 1. The Hall–Kier alpha value is -3.61. The number of benzene rings is 1. The van der Waals surface area contributed by atoms with Gasteiger partial charge in [0.05, 0.1) is 18.9 Å². The summed E-state index contributed by atoms with van der Waals surface area (Å²) in [5.41, 5.74) is 1.43. The number of carbonyl (C=O) groups is 1. The van der Waals surface area contributed by atoms with Crippen molar-refractivity contribution < 1.29 is 19.2 Å². The summed E-state index contributed by atoms with van der Waals surface area (Å²) >= 11 is 0. The van der Waals surface area contributed by atoms with Gasteiger partial charge in [-0.05, 0) is 24.6 Å². The fourth-order valence-corrected chi connectivity index (χ4v) is 2.77. The van der Waals surface area contributed by atoms with Crippen LogP contribution in [0.2, 0.25) is 0 Å². The third-order valence-corrected chi connectivity index (χ3v) is 4.26. The lowest BCUT2D eigenvalue weighted by atomic mass is 9.96. The highest BCUT2D eigenvalue weighted by Gasteiger charge is 2.26. The average Bonchev–Trinajstić information content (AvgIpc) is 2.60. The lowest BCUT2D eigenvalue weighted by Crippen LogP contribution is -2.32. The molecule has 7 heteroatoms. The van der Waals surface area contributed by atoms with Gasteiger partial charge in [0, 0.05) is 24.3 Å². The zero-order valence-electron chi connectivity index (χ0n) is 14.5. The molecule has 1 aliphatic rings. The minimum atomic E-state index is -1.36. The van der Waals surface area contributed by atoms with Crippen LogP contribution < -0.4 is 16.0 Å². The molecule has 132 valence electrons.